The van der Waals surface area contributed by atoms with E-state index in [2.05, 4.69) is 13.8 Å². The molecule has 0 aromatic carbocycles. The van der Waals surface area contributed by atoms with Crippen molar-refractivity contribution in [1.82, 2.24) is 0 Å². The smallest absolute Gasteiger partial charge is 0.155 e. The van der Waals surface area contributed by atoms with Crippen molar-refractivity contribution in [3.05, 3.63) is 11.6 Å². The zero-order valence-corrected chi connectivity index (χ0v) is 13.1. The Kier molecular flexibility index (Phi) is 2.76. The second kappa shape index (κ2) is 4.21. The number of fused-ring (bicyclic) bond motifs is 5. The predicted octanol–water partition coefficient (Wildman–Crippen LogP) is 4.91. The molecule has 110 valence electrons. The van der Waals surface area contributed by atoms with Crippen LogP contribution in [0.2, 0.25) is 0 Å². The highest BCUT2D eigenvalue weighted by Crippen LogP contribution is 2.65. The largest absolute Gasteiger partial charge is 0.295 e. The lowest BCUT2D eigenvalue weighted by atomic mass is 9.47. The van der Waals surface area contributed by atoms with Gasteiger partial charge >= 0.3 is 0 Å². The van der Waals surface area contributed by atoms with Crippen LogP contribution in [0.15, 0.2) is 11.6 Å². The molecule has 3 saturated carbocycles. The number of carbonyl (C=O) groups excluding carboxylic acids is 1. The summed E-state index contributed by atoms with van der Waals surface area (Å²) in [7, 11) is 0. The Morgan fingerprint density at radius 1 is 1.00 bits per heavy atom. The van der Waals surface area contributed by atoms with Gasteiger partial charge in [-0.05, 0) is 79.6 Å². The van der Waals surface area contributed by atoms with Gasteiger partial charge in [0.25, 0.3) is 0 Å². The Bertz CT molecular complexity index is 476. The second-order valence-electron chi connectivity index (χ2n) is 8.55. The quantitative estimate of drug-likeness (QED) is 0.612. The van der Waals surface area contributed by atoms with E-state index >= 15 is 0 Å². The normalized spacial score (nSPS) is 51.0. The van der Waals surface area contributed by atoms with Crippen molar-refractivity contribution in [2.24, 2.45) is 28.6 Å². The Morgan fingerprint density at radius 3 is 2.70 bits per heavy atom. The lowest BCUT2D eigenvalue weighted by Crippen LogP contribution is -2.49. The van der Waals surface area contributed by atoms with Gasteiger partial charge in [-0.2, -0.15) is 0 Å². The molecule has 5 atom stereocenters. The van der Waals surface area contributed by atoms with E-state index in [0.717, 1.165) is 30.6 Å². The molecule has 0 aliphatic heterocycles. The maximum atomic E-state index is 11.8. The minimum absolute atomic E-state index is 0.362. The van der Waals surface area contributed by atoms with E-state index in [1.54, 1.807) is 0 Å². The van der Waals surface area contributed by atoms with E-state index in [9.17, 15) is 4.79 Å². The first-order valence-electron chi connectivity index (χ1n) is 8.77. The van der Waals surface area contributed by atoms with Crippen LogP contribution >= 0.6 is 0 Å². The third-order valence-corrected chi connectivity index (χ3v) is 7.74. The van der Waals surface area contributed by atoms with Gasteiger partial charge in [-0.25, -0.2) is 0 Å². The summed E-state index contributed by atoms with van der Waals surface area (Å²) in [5.74, 6) is 3.19. The maximum Gasteiger partial charge on any atom is 0.155 e. The first-order valence-corrected chi connectivity index (χ1v) is 8.77. The van der Waals surface area contributed by atoms with Gasteiger partial charge in [0.15, 0.2) is 5.78 Å². The van der Waals surface area contributed by atoms with Crippen LogP contribution in [0.1, 0.15) is 71.6 Å². The van der Waals surface area contributed by atoms with Crippen molar-refractivity contribution < 1.29 is 4.79 Å². The Morgan fingerprint density at radius 2 is 1.85 bits per heavy atom. The summed E-state index contributed by atoms with van der Waals surface area (Å²) in [6.45, 7) is 5.05. The standard InChI is InChI=1S/C19H28O/c1-18-9-3-4-16(18)15-6-5-13-12-14(20)7-11-19(13,2)17(15)8-10-18/h12,15-17H,3-11H2,1-2H3/t15-,16-,17-,18+,19-/m1/s1. The summed E-state index contributed by atoms with van der Waals surface area (Å²) in [6.07, 6.45) is 13.8. The topological polar surface area (TPSA) is 17.1 Å². The van der Waals surface area contributed by atoms with Crippen LogP contribution in [-0.2, 0) is 4.79 Å². The fraction of sp³-hybridized carbons (Fsp3) is 0.842. The van der Waals surface area contributed by atoms with Crippen molar-refractivity contribution in [3.8, 4) is 0 Å². The van der Waals surface area contributed by atoms with Gasteiger partial charge < -0.3 is 0 Å². The van der Waals surface area contributed by atoms with Crippen LogP contribution in [0.25, 0.3) is 0 Å². The Balaban J connectivity index is 1.69. The molecule has 0 unspecified atom stereocenters. The molecular weight excluding hydrogens is 244 g/mol. The van der Waals surface area contributed by atoms with Crippen molar-refractivity contribution in [2.45, 2.75) is 71.6 Å². The summed E-state index contributed by atoms with van der Waals surface area (Å²) in [4.78, 5) is 11.8. The predicted molar refractivity (Wildman–Crippen MR) is 81.3 cm³/mol. The van der Waals surface area contributed by atoms with E-state index < -0.39 is 0 Å². The number of ketones is 1. The molecule has 1 heteroatoms. The first-order chi connectivity index (χ1) is 9.53. The maximum absolute atomic E-state index is 11.8. The van der Waals surface area contributed by atoms with Crippen LogP contribution < -0.4 is 0 Å². The molecule has 0 radical (unpaired) electrons. The van der Waals surface area contributed by atoms with Crippen LogP contribution in [0, 0.1) is 28.6 Å². The molecule has 0 amide bonds. The second-order valence-corrected chi connectivity index (χ2v) is 8.55. The SMILES string of the molecule is C[C@@]12CCC[C@@H]1[C@H]1CCC3=CC(=O)CC[C@@]3(C)[C@@H]1CC2. The fourth-order valence-corrected chi connectivity index (χ4v) is 6.55. The average molecular weight is 272 g/mol. The highest BCUT2D eigenvalue weighted by molar-refractivity contribution is 5.91. The first kappa shape index (κ1) is 13.1. The van der Waals surface area contributed by atoms with E-state index in [1.807, 2.05) is 6.08 Å². The molecule has 0 N–H and O–H groups in total. The summed E-state index contributed by atoms with van der Waals surface area (Å²) in [6, 6.07) is 0. The molecule has 3 fully saturated rings. The molecule has 0 saturated heterocycles. The van der Waals surface area contributed by atoms with E-state index in [-0.39, 0.29) is 0 Å². The summed E-state index contributed by atoms with van der Waals surface area (Å²) in [5.41, 5.74) is 2.53. The lowest BCUT2D eigenvalue weighted by molar-refractivity contribution is -0.117. The Labute approximate surface area is 123 Å². The highest BCUT2D eigenvalue weighted by atomic mass is 16.1. The molecule has 20 heavy (non-hydrogen) atoms. The number of allylic oxidation sites excluding steroid dienone is 1. The molecule has 0 bridgehead atoms. The average Bonchev–Trinajstić information content (AvgIpc) is 2.81. The van der Waals surface area contributed by atoms with Crippen LogP contribution in [0.3, 0.4) is 0 Å². The van der Waals surface area contributed by atoms with Gasteiger partial charge in [0, 0.05) is 6.42 Å². The zero-order chi connectivity index (χ0) is 14.0. The van der Waals surface area contributed by atoms with Gasteiger partial charge in [0.2, 0.25) is 0 Å². The number of rotatable bonds is 0. The molecule has 4 aliphatic carbocycles. The van der Waals surface area contributed by atoms with Crippen LogP contribution in [0.4, 0.5) is 0 Å². The van der Waals surface area contributed by atoms with Crippen molar-refractivity contribution in [3.63, 3.8) is 0 Å². The zero-order valence-electron chi connectivity index (χ0n) is 13.1. The summed E-state index contributed by atoms with van der Waals surface area (Å²) in [5, 5.41) is 0. The van der Waals surface area contributed by atoms with Gasteiger partial charge in [0.05, 0.1) is 0 Å². The minimum Gasteiger partial charge on any atom is -0.295 e. The molecule has 0 heterocycles. The van der Waals surface area contributed by atoms with E-state index in [1.165, 1.54) is 50.5 Å². The van der Waals surface area contributed by atoms with Gasteiger partial charge in [0.1, 0.15) is 0 Å². The van der Waals surface area contributed by atoms with Gasteiger partial charge in [-0.1, -0.05) is 25.8 Å². The fourth-order valence-electron chi connectivity index (χ4n) is 6.55. The highest BCUT2D eigenvalue weighted by Gasteiger charge is 2.55. The van der Waals surface area contributed by atoms with E-state index in [0.29, 0.717) is 16.6 Å². The Hall–Kier alpha value is -0.590. The third kappa shape index (κ3) is 1.64. The minimum atomic E-state index is 0.362. The van der Waals surface area contributed by atoms with Crippen molar-refractivity contribution >= 4 is 5.78 Å². The molecule has 1 nitrogen and oxygen atoms in total. The van der Waals surface area contributed by atoms with E-state index in [4.69, 9.17) is 0 Å². The number of hydrogen-bond donors (Lipinski definition) is 0. The third-order valence-electron chi connectivity index (χ3n) is 7.74. The summed E-state index contributed by atoms with van der Waals surface area (Å²) < 4.78 is 0. The van der Waals surface area contributed by atoms with Crippen molar-refractivity contribution in [1.29, 1.82) is 0 Å². The molecule has 4 rings (SSSR count). The van der Waals surface area contributed by atoms with Gasteiger partial charge in [-0.3, -0.25) is 4.79 Å². The number of carbonyl (C=O) groups is 1. The summed E-state index contributed by atoms with van der Waals surface area (Å²) >= 11 is 0. The molecule has 4 aliphatic rings. The molecule has 0 aromatic heterocycles. The van der Waals surface area contributed by atoms with Gasteiger partial charge in [-0.15, -0.1) is 0 Å². The lowest BCUT2D eigenvalue weighted by Gasteiger charge is -2.57. The van der Waals surface area contributed by atoms with Crippen LogP contribution in [0.5, 0.6) is 0 Å². The van der Waals surface area contributed by atoms with Crippen LogP contribution in [-0.4, -0.2) is 5.78 Å². The molecule has 0 spiro atoms. The molecular formula is C19H28O. The van der Waals surface area contributed by atoms with Crippen molar-refractivity contribution in [2.75, 3.05) is 0 Å². The monoisotopic (exact) mass is 272 g/mol. The molecule has 0 aromatic rings. The number of hydrogen-bond acceptors (Lipinski definition) is 1.